The van der Waals surface area contributed by atoms with Gasteiger partial charge in [-0.15, -0.1) is 0 Å². The van der Waals surface area contributed by atoms with Gasteiger partial charge in [-0.05, 0) is 24.8 Å². The van der Waals surface area contributed by atoms with Gasteiger partial charge in [0, 0.05) is 43.7 Å². The van der Waals surface area contributed by atoms with Crippen molar-refractivity contribution in [2.24, 2.45) is 7.05 Å². The second-order valence-corrected chi connectivity index (χ2v) is 7.77. The van der Waals surface area contributed by atoms with Gasteiger partial charge in [-0.1, -0.05) is 35.5 Å². The third kappa shape index (κ3) is 3.62. The van der Waals surface area contributed by atoms with Crippen molar-refractivity contribution >= 4 is 6.03 Å². The molecule has 150 valence electrons. The molecule has 5 rings (SSSR count). The molecule has 8 nitrogen and oxygen atoms in total. The minimum Gasteiger partial charge on any atom is -0.338 e. The van der Waals surface area contributed by atoms with Gasteiger partial charge < -0.3 is 14.7 Å². The van der Waals surface area contributed by atoms with Crippen LogP contribution in [-0.2, 0) is 26.4 Å². The lowest BCUT2D eigenvalue weighted by Crippen LogP contribution is -2.43. The number of aryl methyl sites for hydroxylation is 1. The third-order valence-corrected chi connectivity index (χ3v) is 5.65. The molecule has 1 aliphatic heterocycles. The van der Waals surface area contributed by atoms with Crippen molar-refractivity contribution in [3.05, 3.63) is 53.0 Å². The van der Waals surface area contributed by atoms with Crippen LogP contribution in [0.4, 0.5) is 4.79 Å². The number of nitrogens with zero attached hydrogens (tertiary/aromatic N) is 5. The molecule has 1 saturated carbocycles. The first-order valence-electron chi connectivity index (χ1n) is 10.1. The normalized spacial score (nSPS) is 16.0. The van der Waals surface area contributed by atoms with E-state index in [1.807, 2.05) is 34.8 Å². The number of nitrogens with one attached hydrogen (secondary N) is 1. The number of urea groups is 1. The summed E-state index contributed by atoms with van der Waals surface area (Å²) >= 11 is 0. The second-order valence-electron chi connectivity index (χ2n) is 7.77. The van der Waals surface area contributed by atoms with Crippen LogP contribution in [0.2, 0.25) is 0 Å². The Morgan fingerprint density at radius 3 is 2.90 bits per heavy atom. The molecule has 1 fully saturated rings. The van der Waals surface area contributed by atoms with Crippen LogP contribution < -0.4 is 5.32 Å². The fraction of sp³-hybridized carbons (Fsp3) is 0.429. The second kappa shape index (κ2) is 7.35. The van der Waals surface area contributed by atoms with Crippen molar-refractivity contribution in [2.75, 3.05) is 13.1 Å². The van der Waals surface area contributed by atoms with E-state index < -0.39 is 0 Å². The highest BCUT2D eigenvalue weighted by Crippen LogP contribution is 2.39. The Hall–Kier alpha value is -3.16. The van der Waals surface area contributed by atoms with E-state index in [0.717, 1.165) is 42.8 Å². The van der Waals surface area contributed by atoms with E-state index in [2.05, 4.69) is 32.7 Å². The highest BCUT2D eigenvalue weighted by Gasteiger charge is 2.32. The van der Waals surface area contributed by atoms with Crippen LogP contribution in [0.25, 0.3) is 11.6 Å². The van der Waals surface area contributed by atoms with Gasteiger partial charge in [0.1, 0.15) is 0 Å². The molecule has 0 saturated heterocycles. The van der Waals surface area contributed by atoms with Crippen molar-refractivity contribution in [3.8, 4) is 11.6 Å². The molecule has 8 heteroatoms. The first kappa shape index (κ1) is 17.9. The van der Waals surface area contributed by atoms with Gasteiger partial charge in [0.15, 0.2) is 11.5 Å². The van der Waals surface area contributed by atoms with Crippen molar-refractivity contribution in [2.45, 2.75) is 38.1 Å². The first-order valence-corrected chi connectivity index (χ1v) is 10.1. The summed E-state index contributed by atoms with van der Waals surface area (Å²) in [4.78, 5) is 19.1. The Morgan fingerprint density at radius 2 is 2.10 bits per heavy atom. The van der Waals surface area contributed by atoms with Crippen molar-refractivity contribution < 1.29 is 9.32 Å². The maximum absolute atomic E-state index is 12.7. The molecule has 29 heavy (non-hydrogen) atoms. The monoisotopic (exact) mass is 392 g/mol. The summed E-state index contributed by atoms with van der Waals surface area (Å²) < 4.78 is 7.36. The quantitative estimate of drug-likeness (QED) is 0.721. The van der Waals surface area contributed by atoms with Gasteiger partial charge in [0.05, 0.1) is 6.54 Å². The SMILES string of the molecule is Cn1nc(-c2nc(C3CC3)no2)c2c1CCN(C(=O)NCCc1ccccc1)C2. The summed E-state index contributed by atoms with van der Waals surface area (Å²) in [5.41, 5.74) is 4.04. The maximum atomic E-state index is 12.7. The average molecular weight is 392 g/mol. The lowest BCUT2D eigenvalue weighted by Gasteiger charge is -2.27. The Bertz CT molecular complexity index is 1020. The summed E-state index contributed by atoms with van der Waals surface area (Å²) in [7, 11) is 1.93. The van der Waals surface area contributed by atoms with Gasteiger partial charge >= 0.3 is 6.03 Å². The van der Waals surface area contributed by atoms with Gasteiger partial charge in [-0.3, -0.25) is 4.68 Å². The molecule has 2 aliphatic rings. The Morgan fingerprint density at radius 1 is 1.28 bits per heavy atom. The fourth-order valence-corrected chi connectivity index (χ4v) is 3.85. The molecule has 1 aromatic carbocycles. The van der Waals surface area contributed by atoms with Crippen molar-refractivity contribution in [3.63, 3.8) is 0 Å². The van der Waals surface area contributed by atoms with Crippen molar-refractivity contribution in [1.82, 2.24) is 30.1 Å². The summed E-state index contributed by atoms with van der Waals surface area (Å²) in [6, 6.07) is 10.1. The summed E-state index contributed by atoms with van der Waals surface area (Å²) in [6.45, 7) is 1.78. The molecule has 2 aromatic heterocycles. The van der Waals surface area contributed by atoms with E-state index in [1.54, 1.807) is 0 Å². The standard InChI is InChI=1S/C21H24N6O2/c1-26-17-10-12-27(21(28)22-11-9-14-5-3-2-4-6-14)13-16(17)18(24-26)20-23-19(25-29-20)15-7-8-15/h2-6,15H,7-13H2,1H3,(H,22,28). The molecule has 1 aliphatic carbocycles. The van der Waals surface area contributed by atoms with Gasteiger partial charge in [0.2, 0.25) is 0 Å². The van der Waals surface area contributed by atoms with Gasteiger partial charge in [-0.2, -0.15) is 10.1 Å². The van der Waals surface area contributed by atoms with E-state index >= 15 is 0 Å². The summed E-state index contributed by atoms with van der Waals surface area (Å²) in [6.07, 6.45) is 3.82. The Kier molecular flexibility index (Phi) is 4.54. The smallest absolute Gasteiger partial charge is 0.317 e. The highest BCUT2D eigenvalue weighted by molar-refractivity contribution is 5.75. The van der Waals surface area contributed by atoms with Crippen LogP contribution in [0.5, 0.6) is 0 Å². The zero-order valence-corrected chi connectivity index (χ0v) is 16.5. The number of rotatable bonds is 5. The molecule has 0 spiro atoms. The number of carbonyl (C=O) groups excluding carboxylic acids is 1. The van der Waals surface area contributed by atoms with Crippen LogP contribution in [0.15, 0.2) is 34.9 Å². The zero-order valence-electron chi connectivity index (χ0n) is 16.5. The maximum Gasteiger partial charge on any atom is 0.317 e. The highest BCUT2D eigenvalue weighted by atomic mass is 16.5. The minimum atomic E-state index is -0.0504. The Balaban J connectivity index is 1.27. The van der Waals surface area contributed by atoms with E-state index in [4.69, 9.17) is 4.52 Å². The number of aromatic nitrogens is 4. The molecule has 0 radical (unpaired) electrons. The van der Waals surface area contributed by atoms with Gasteiger partial charge in [-0.25, -0.2) is 4.79 Å². The van der Waals surface area contributed by atoms with E-state index in [9.17, 15) is 4.79 Å². The number of benzene rings is 1. The number of hydrogen-bond donors (Lipinski definition) is 1. The number of fused-ring (bicyclic) bond motifs is 1. The van der Waals surface area contributed by atoms with Crippen LogP contribution in [0, 0.1) is 0 Å². The zero-order chi connectivity index (χ0) is 19.8. The molecular formula is C21H24N6O2. The lowest BCUT2D eigenvalue weighted by molar-refractivity contribution is 0.192. The topological polar surface area (TPSA) is 89.1 Å². The molecular weight excluding hydrogens is 368 g/mol. The van der Waals surface area contributed by atoms with E-state index in [0.29, 0.717) is 37.1 Å². The van der Waals surface area contributed by atoms with E-state index in [1.165, 1.54) is 5.56 Å². The van der Waals surface area contributed by atoms with E-state index in [-0.39, 0.29) is 6.03 Å². The molecule has 1 N–H and O–H groups in total. The van der Waals surface area contributed by atoms with Crippen LogP contribution in [-0.4, -0.2) is 43.9 Å². The number of hydrogen-bond acceptors (Lipinski definition) is 5. The summed E-state index contributed by atoms with van der Waals surface area (Å²) in [5.74, 6) is 1.65. The number of amides is 2. The van der Waals surface area contributed by atoms with Crippen LogP contribution >= 0.6 is 0 Å². The molecule has 0 atom stereocenters. The third-order valence-electron chi connectivity index (χ3n) is 5.65. The van der Waals surface area contributed by atoms with Crippen molar-refractivity contribution in [1.29, 1.82) is 0 Å². The predicted octanol–water partition coefficient (Wildman–Crippen LogP) is 2.66. The molecule has 0 bridgehead atoms. The molecule has 2 amide bonds. The summed E-state index contributed by atoms with van der Waals surface area (Å²) in [5, 5.41) is 11.8. The predicted molar refractivity (Wildman–Crippen MR) is 106 cm³/mol. The fourth-order valence-electron chi connectivity index (χ4n) is 3.85. The lowest BCUT2D eigenvalue weighted by atomic mass is 10.1. The van der Waals surface area contributed by atoms with Crippen LogP contribution in [0.1, 0.15) is 41.4 Å². The van der Waals surface area contributed by atoms with Gasteiger partial charge in [0.25, 0.3) is 5.89 Å². The Labute approximate surface area is 168 Å². The first-order chi connectivity index (χ1) is 14.2. The number of carbonyl (C=O) groups is 1. The van der Waals surface area contributed by atoms with Crippen LogP contribution in [0.3, 0.4) is 0 Å². The molecule has 0 unspecified atom stereocenters. The molecule has 3 heterocycles. The molecule has 3 aromatic rings. The average Bonchev–Trinajstić information content (AvgIpc) is 3.39. The minimum absolute atomic E-state index is 0.0504. The largest absolute Gasteiger partial charge is 0.338 e.